The second kappa shape index (κ2) is 5.80. The molecular weight excluding hydrogens is 302 g/mol. The number of halogens is 1. The van der Waals surface area contributed by atoms with Crippen molar-refractivity contribution in [1.29, 1.82) is 0 Å². The number of nitrogens with zero attached hydrogens (tertiary/aromatic N) is 1. The van der Waals surface area contributed by atoms with Crippen LogP contribution in [0.1, 0.15) is 12.5 Å². The summed E-state index contributed by atoms with van der Waals surface area (Å²) in [4.78, 5) is 13.8. The topological polar surface area (TPSA) is 29.5 Å². The average Bonchev–Trinajstić information content (AvgIpc) is 2.73. The van der Waals surface area contributed by atoms with Crippen molar-refractivity contribution >= 4 is 39.2 Å². The lowest BCUT2D eigenvalue weighted by Crippen LogP contribution is -2.46. The first-order valence-corrected chi connectivity index (χ1v) is 7.14. The van der Waals surface area contributed by atoms with Crippen LogP contribution in [0.3, 0.4) is 0 Å². The Balaban J connectivity index is 1.98. The van der Waals surface area contributed by atoms with Gasteiger partial charge in [-0.25, -0.2) is 0 Å². The third-order valence-corrected chi connectivity index (χ3v) is 4.18. The molecule has 1 aromatic heterocycles. The van der Waals surface area contributed by atoms with Gasteiger partial charge in [0.05, 0.1) is 23.0 Å². The summed E-state index contributed by atoms with van der Waals surface area (Å²) in [5.41, 5.74) is 1.05. The maximum Gasteiger partial charge on any atom is 0.246 e. The van der Waals surface area contributed by atoms with Crippen molar-refractivity contribution in [2.24, 2.45) is 0 Å². The first-order chi connectivity index (χ1) is 8.16. The number of hydrogen-bond acceptors (Lipinski definition) is 3. The minimum atomic E-state index is 0.0584. The highest BCUT2D eigenvalue weighted by Gasteiger charge is 2.21. The van der Waals surface area contributed by atoms with Gasteiger partial charge in [0.1, 0.15) is 0 Å². The van der Waals surface area contributed by atoms with Crippen LogP contribution in [0.5, 0.6) is 0 Å². The molecular formula is C12H14BrNO2S. The Labute approximate surface area is 113 Å². The van der Waals surface area contributed by atoms with E-state index in [1.54, 1.807) is 17.4 Å². The highest BCUT2D eigenvalue weighted by molar-refractivity contribution is 9.11. The van der Waals surface area contributed by atoms with E-state index in [1.165, 1.54) is 0 Å². The summed E-state index contributed by atoms with van der Waals surface area (Å²) >= 11 is 5.01. The molecule has 1 saturated heterocycles. The quantitative estimate of drug-likeness (QED) is 0.785. The van der Waals surface area contributed by atoms with Gasteiger partial charge < -0.3 is 9.64 Å². The maximum absolute atomic E-state index is 12.0. The zero-order valence-corrected chi connectivity index (χ0v) is 12.0. The fraction of sp³-hybridized carbons (Fsp3) is 0.417. The molecule has 0 N–H and O–H groups in total. The van der Waals surface area contributed by atoms with Gasteiger partial charge in [0, 0.05) is 12.6 Å². The van der Waals surface area contributed by atoms with Gasteiger partial charge in [-0.3, -0.25) is 4.79 Å². The van der Waals surface area contributed by atoms with Crippen LogP contribution in [0, 0.1) is 0 Å². The molecule has 1 aliphatic heterocycles. The lowest BCUT2D eigenvalue weighted by molar-refractivity contribution is -0.133. The fourth-order valence-electron chi connectivity index (χ4n) is 1.73. The van der Waals surface area contributed by atoms with Crippen molar-refractivity contribution < 1.29 is 9.53 Å². The molecule has 0 unspecified atom stereocenters. The normalized spacial score (nSPS) is 21.1. The lowest BCUT2D eigenvalue weighted by Gasteiger charge is -2.32. The molecule has 0 aromatic carbocycles. The molecule has 3 nitrogen and oxygen atoms in total. The van der Waals surface area contributed by atoms with E-state index in [9.17, 15) is 4.79 Å². The largest absolute Gasteiger partial charge is 0.377 e. The van der Waals surface area contributed by atoms with Gasteiger partial charge in [0.25, 0.3) is 0 Å². The molecule has 17 heavy (non-hydrogen) atoms. The van der Waals surface area contributed by atoms with Gasteiger partial charge in [-0.05, 0) is 45.9 Å². The molecule has 92 valence electrons. The predicted octanol–water partition coefficient (Wildman–Crippen LogP) is 2.77. The first kappa shape index (κ1) is 12.8. The Hall–Kier alpha value is -0.650. The molecule has 0 radical (unpaired) electrons. The van der Waals surface area contributed by atoms with Crippen LogP contribution in [0.2, 0.25) is 0 Å². The Kier molecular flexibility index (Phi) is 4.36. The van der Waals surface area contributed by atoms with E-state index in [0.717, 1.165) is 9.35 Å². The summed E-state index contributed by atoms with van der Waals surface area (Å²) in [5, 5.41) is 2.01. The fourth-order valence-corrected chi connectivity index (χ4v) is 2.87. The van der Waals surface area contributed by atoms with Crippen LogP contribution in [0.25, 0.3) is 6.08 Å². The molecule has 1 fully saturated rings. The van der Waals surface area contributed by atoms with E-state index in [-0.39, 0.29) is 11.9 Å². The van der Waals surface area contributed by atoms with Crippen molar-refractivity contribution in [2.45, 2.75) is 13.0 Å². The molecule has 2 rings (SSSR count). The molecule has 0 bridgehead atoms. The van der Waals surface area contributed by atoms with E-state index >= 15 is 0 Å². The first-order valence-electron chi connectivity index (χ1n) is 5.47. The molecule has 5 heteroatoms. The Morgan fingerprint density at radius 1 is 1.71 bits per heavy atom. The van der Waals surface area contributed by atoms with Gasteiger partial charge in [-0.1, -0.05) is 0 Å². The molecule has 0 spiro atoms. The number of amides is 1. The number of carbonyl (C=O) groups excluding carboxylic acids is 1. The average molecular weight is 316 g/mol. The number of ether oxygens (including phenoxy) is 1. The van der Waals surface area contributed by atoms with Crippen LogP contribution >= 0.6 is 27.3 Å². The van der Waals surface area contributed by atoms with Gasteiger partial charge in [-0.15, -0.1) is 11.3 Å². The predicted molar refractivity (Wildman–Crippen MR) is 73.0 cm³/mol. The van der Waals surface area contributed by atoms with Crippen LogP contribution in [0.4, 0.5) is 0 Å². The number of rotatable bonds is 2. The standard InChI is InChI=1S/C12H14BrNO2S/c1-9-7-16-5-4-14(9)12(15)3-2-10-6-11(13)17-8-10/h2-3,6,8-9H,4-5,7H2,1H3/b3-2+/t9-/m1/s1. The van der Waals surface area contributed by atoms with E-state index in [0.29, 0.717) is 19.8 Å². The molecule has 1 aromatic rings. The summed E-state index contributed by atoms with van der Waals surface area (Å²) in [6.07, 6.45) is 3.49. The van der Waals surface area contributed by atoms with Crippen LogP contribution < -0.4 is 0 Å². The molecule has 1 atom stereocenters. The van der Waals surface area contributed by atoms with Crippen molar-refractivity contribution in [3.8, 4) is 0 Å². The van der Waals surface area contributed by atoms with Crippen LogP contribution in [-0.4, -0.2) is 36.6 Å². The van der Waals surface area contributed by atoms with E-state index in [4.69, 9.17) is 4.74 Å². The molecule has 0 saturated carbocycles. The number of thiophene rings is 1. The Morgan fingerprint density at radius 2 is 2.53 bits per heavy atom. The van der Waals surface area contributed by atoms with Crippen LogP contribution in [-0.2, 0) is 9.53 Å². The number of morpholine rings is 1. The Bertz CT molecular complexity index is 430. The maximum atomic E-state index is 12.0. The second-order valence-corrected chi connectivity index (χ2v) is 6.26. The van der Waals surface area contributed by atoms with Gasteiger partial charge >= 0.3 is 0 Å². The van der Waals surface area contributed by atoms with Crippen molar-refractivity contribution in [2.75, 3.05) is 19.8 Å². The zero-order valence-electron chi connectivity index (χ0n) is 9.56. The molecule has 2 heterocycles. The van der Waals surface area contributed by atoms with Crippen LogP contribution in [0.15, 0.2) is 21.3 Å². The number of hydrogen-bond donors (Lipinski definition) is 0. The SMILES string of the molecule is C[C@@H]1COCCN1C(=O)/C=C/c1csc(Br)c1. The summed E-state index contributed by atoms with van der Waals surface area (Å²) in [7, 11) is 0. The monoisotopic (exact) mass is 315 g/mol. The Morgan fingerprint density at radius 3 is 3.18 bits per heavy atom. The lowest BCUT2D eigenvalue weighted by atomic mass is 10.2. The van der Waals surface area contributed by atoms with E-state index in [2.05, 4.69) is 15.9 Å². The van der Waals surface area contributed by atoms with E-state index in [1.807, 2.05) is 29.3 Å². The third-order valence-electron chi connectivity index (χ3n) is 2.66. The highest BCUT2D eigenvalue weighted by atomic mass is 79.9. The summed E-state index contributed by atoms with van der Waals surface area (Å²) in [6.45, 7) is 3.95. The smallest absolute Gasteiger partial charge is 0.246 e. The molecule has 1 aliphatic rings. The molecule has 0 aliphatic carbocycles. The molecule has 1 amide bonds. The third kappa shape index (κ3) is 3.40. The van der Waals surface area contributed by atoms with E-state index < -0.39 is 0 Å². The van der Waals surface area contributed by atoms with Gasteiger partial charge in [0.15, 0.2) is 0 Å². The van der Waals surface area contributed by atoms with Crippen molar-refractivity contribution in [3.05, 3.63) is 26.9 Å². The highest BCUT2D eigenvalue weighted by Crippen LogP contribution is 2.21. The van der Waals surface area contributed by atoms with Gasteiger partial charge in [0.2, 0.25) is 5.91 Å². The summed E-state index contributed by atoms with van der Waals surface area (Å²) < 4.78 is 6.38. The summed E-state index contributed by atoms with van der Waals surface area (Å²) in [5.74, 6) is 0.0584. The minimum Gasteiger partial charge on any atom is -0.377 e. The second-order valence-electron chi connectivity index (χ2n) is 3.97. The number of carbonyl (C=O) groups is 1. The minimum absolute atomic E-state index is 0.0584. The van der Waals surface area contributed by atoms with Gasteiger partial charge in [-0.2, -0.15) is 0 Å². The summed E-state index contributed by atoms with van der Waals surface area (Å²) in [6, 6.07) is 2.16. The zero-order chi connectivity index (χ0) is 12.3. The van der Waals surface area contributed by atoms with Crippen molar-refractivity contribution in [1.82, 2.24) is 4.90 Å². The van der Waals surface area contributed by atoms with Crippen molar-refractivity contribution in [3.63, 3.8) is 0 Å².